The van der Waals surface area contributed by atoms with Crippen LogP contribution in [0.25, 0.3) is 0 Å². The average molecular weight is 309 g/mol. The number of rotatable bonds is 8. The number of benzene rings is 1. The molecule has 1 aromatic carbocycles. The van der Waals surface area contributed by atoms with Gasteiger partial charge in [-0.3, -0.25) is 4.84 Å². The number of hydrogen-bond acceptors (Lipinski definition) is 5. The molecule has 0 amide bonds. The van der Waals surface area contributed by atoms with Crippen LogP contribution < -0.4 is 10.6 Å². The van der Waals surface area contributed by atoms with Gasteiger partial charge in [0.1, 0.15) is 11.5 Å². The van der Waals surface area contributed by atoms with Crippen LogP contribution in [0.15, 0.2) is 30.4 Å². The van der Waals surface area contributed by atoms with Crippen LogP contribution >= 0.6 is 0 Å². The van der Waals surface area contributed by atoms with Gasteiger partial charge in [0.2, 0.25) is 0 Å². The van der Waals surface area contributed by atoms with Crippen molar-refractivity contribution in [1.29, 1.82) is 0 Å². The molecule has 5 nitrogen and oxygen atoms in total. The van der Waals surface area contributed by atoms with Crippen molar-refractivity contribution in [2.75, 3.05) is 20.5 Å². The molecule has 0 aliphatic rings. The van der Waals surface area contributed by atoms with Gasteiger partial charge in [-0.2, -0.15) is 0 Å². The molecule has 3 N–H and O–H groups in total. The van der Waals surface area contributed by atoms with Crippen LogP contribution in [0.5, 0.6) is 11.5 Å². The summed E-state index contributed by atoms with van der Waals surface area (Å²) in [6, 6.07) is 5.35. The molecular weight excluding hydrogens is 282 g/mol. The third kappa shape index (κ3) is 5.33. The largest absolute Gasteiger partial charge is 0.507 e. The monoisotopic (exact) mass is 309 g/mol. The van der Waals surface area contributed by atoms with Crippen LogP contribution in [0.2, 0.25) is 0 Å². The Bertz CT molecular complexity index is 509. The van der Waals surface area contributed by atoms with Gasteiger partial charge in [0.15, 0.2) is 6.79 Å². The van der Waals surface area contributed by atoms with Crippen molar-refractivity contribution in [3.05, 3.63) is 35.9 Å². The van der Waals surface area contributed by atoms with E-state index >= 15 is 0 Å². The van der Waals surface area contributed by atoms with Crippen molar-refractivity contribution >= 4 is 0 Å². The van der Waals surface area contributed by atoms with E-state index in [2.05, 4.69) is 30.8 Å². The molecule has 0 atom stereocenters. The van der Waals surface area contributed by atoms with E-state index in [0.29, 0.717) is 12.4 Å². The average Bonchev–Trinajstić information content (AvgIpc) is 2.45. The minimum absolute atomic E-state index is 0.0694. The molecular formula is C17H27NO4. The molecule has 124 valence electrons. The van der Waals surface area contributed by atoms with E-state index in [1.54, 1.807) is 13.2 Å². The first-order valence-electron chi connectivity index (χ1n) is 7.19. The van der Waals surface area contributed by atoms with Crippen molar-refractivity contribution in [2.24, 2.45) is 11.3 Å². The van der Waals surface area contributed by atoms with E-state index < -0.39 is 0 Å². The van der Waals surface area contributed by atoms with Gasteiger partial charge in [-0.1, -0.05) is 45.9 Å². The Hall–Kier alpha value is -1.56. The molecule has 0 saturated heterocycles. The molecule has 1 rings (SSSR count). The van der Waals surface area contributed by atoms with Gasteiger partial charge in [0.25, 0.3) is 0 Å². The lowest BCUT2D eigenvalue weighted by Crippen LogP contribution is -2.21. The van der Waals surface area contributed by atoms with Crippen LogP contribution in [0.4, 0.5) is 0 Å². The summed E-state index contributed by atoms with van der Waals surface area (Å²) in [6.07, 6.45) is 4.15. The SMILES string of the molecule is COc1ccc(C(C)(C)/C=C/C(C)(C)COCON)c(O)c1. The summed E-state index contributed by atoms with van der Waals surface area (Å²) < 4.78 is 10.4. The summed E-state index contributed by atoms with van der Waals surface area (Å²) in [5.74, 6) is 5.79. The van der Waals surface area contributed by atoms with Crippen molar-refractivity contribution < 1.29 is 19.4 Å². The molecule has 0 fully saturated rings. The van der Waals surface area contributed by atoms with Gasteiger partial charge in [0, 0.05) is 22.5 Å². The molecule has 0 bridgehead atoms. The zero-order valence-electron chi connectivity index (χ0n) is 14.1. The molecule has 0 aliphatic heterocycles. The number of nitrogens with two attached hydrogens (primary N) is 1. The topological polar surface area (TPSA) is 73.9 Å². The summed E-state index contributed by atoms with van der Waals surface area (Å²) in [5, 5.41) is 10.2. The number of methoxy groups -OCH3 is 1. The van der Waals surface area contributed by atoms with Crippen molar-refractivity contribution in [1.82, 2.24) is 0 Å². The number of ether oxygens (including phenoxy) is 2. The highest BCUT2D eigenvalue weighted by atomic mass is 16.7. The minimum atomic E-state index is -0.321. The quantitative estimate of drug-likeness (QED) is 0.334. The van der Waals surface area contributed by atoms with Crippen LogP contribution in [0.1, 0.15) is 33.3 Å². The van der Waals surface area contributed by atoms with E-state index in [4.69, 9.17) is 15.4 Å². The Balaban J connectivity index is 2.87. The maximum atomic E-state index is 10.2. The summed E-state index contributed by atoms with van der Waals surface area (Å²) >= 11 is 0. The van der Waals surface area contributed by atoms with Crippen LogP contribution in [0, 0.1) is 5.41 Å². The number of hydrogen-bond donors (Lipinski definition) is 2. The molecule has 1 aromatic rings. The summed E-state index contributed by atoms with van der Waals surface area (Å²) in [4.78, 5) is 4.40. The van der Waals surface area contributed by atoms with E-state index in [-0.39, 0.29) is 23.4 Å². The van der Waals surface area contributed by atoms with Crippen molar-refractivity contribution in [2.45, 2.75) is 33.1 Å². The van der Waals surface area contributed by atoms with Crippen LogP contribution in [-0.2, 0) is 15.0 Å². The Morgan fingerprint density at radius 3 is 2.41 bits per heavy atom. The maximum absolute atomic E-state index is 10.2. The second kappa shape index (κ2) is 7.63. The van der Waals surface area contributed by atoms with E-state index in [9.17, 15) is 5.11 Å². The zero-order chi connectivity index (χ0) is 16.8. The maximum Gasteiger partial charge on any atom is 0.166 e. The van der Waals surface area contributed by atoms with Crippen molar-refractivity contribution in [3.8, 4) is 11.5 Å². The van der Waals surface area contributed by atoms with Crippen LogP contribution in [0.3, 0.4) is 0 Å². The van der Waals surface area contributed by atoms with Gasteiger partial charge in [0.05, 0.1) is 13.7 Å². The zero-order valence-corrected chi connectivity index (χ0v) is 14.1. The minimum Gasteiger partial charge on any atom is -0.507 e. The first-order chi connectivity index (χ1) is 10.2. The number of allylic oxidation sites excluding steroid dienone is 1. The van der Waals surface area contributed by atoms with Gasteiger partial charge in [-0.15, -0.1) is 0 Å². The molecule has 0 saturated carbocycles. The molecule has 5 heteroatoms. The lowest BCUT2D eigenvalue weighted by Gasteiger charge is -2.26. The third-order valence-corrected chi connectivity index (χ3v) is 3.48. The lowest BCUT2D eigenvalue weighted by molar-refractivity contribution is -0.0717. The Morgan fingerprint density at radius 1 is 1.18 bits per heavy atom. The summed E-state index contributed by atoms with van der Waals surface area (Å²) in [7, 11) is 1.58. The fraction of sp³-hybridized carbons (Fsp3) is 0.529. The molecule has 22 heavy (non-hydrogen) atoms. The van der Waals surface area contributed by atoms with Crippen molar-refractivity contribution in [3.63, 3.8) is 0 Å². The second-order valence-corrected chi connectivity index (χ2v) is 6.56. The third-order valence-electron chi connectivity index (χ3n) is 3.48. The first kappa shape index (κ1) is 18.5. The van der Waals surface area contributed by atoms with Gasteiger partial charge < -0.3 is 14.6 Å². The highest BCUT2D eigenvalue weighted by molar-refractivity contribution is 5.45. The molecule has 0 unspecified atom stereocenters. The van der Waals surface area contributed by atoms with E-state index in [0.717, 1.165) is 5.56 Å². The highest BCUT2D eigenvalue weighted by Crippen LogP contribution is 2.35. The molecule has 0 heterocycles. The van der Waals surface area contributed by atoms with Crippen LogP contribution in [-0.4, -0.2) is 25.6 Å². The number of aromatic hydroxyl groups is 1. The molecule has 0 radical (unpaired) electrons. The Kier molecular flexibility index (Phi) is 6.41. The first-order valence-corrected chi connectivity index (χ1v) is 7.19. The summed E-state index contributed by atoms with van der Waals surface area (Å²) in [5.41, 5.74) is 0.349. The highest BCUT2D eigenvalue weighted by Gasteiger charge is 2.23. The molecule has 0 spiro atoms. The fourth-order valence-electron chi connectivity index (χ4n) is 2.11. The normalized spacial score (nSPS) is 12.8. The Morgan fingerprint density at radius 2 is 1.86 bits per heavy atom. The van der Waals surface area contributed by atoms with E-state index in [1.165, 1.54) is 0 Å². The second-order valence-electron chi connectivity index (χ2n) is 6.56. The predicted octanol–water partition coefficient (Wildman–Crippen LogP) is 3.13. The summed E-state index contributed by atoms with van der Waals surface area (Å²) in [6.45, 7) is 8.77. The standard InChI is InChI=1S/C17H27NO4/c1-16(2,11-21-12-22-18)8-9-17(3,4)14-7-6-13(20-5)10-15(14)19/h6-10,19H,11-12,18H2,1-5H3/b9-8+. The van der Waals surface area contributed by atoms with Gasteiger partial charge >= 0.3 is 0 Å². The van der Waals surface area contributed by atoms with E-state index in [1.807, 2.05) is 26.0 Å². The van der Waals surface area contributed by atoms with Gasteiger partial charge in [-0.05, 0) is 6.07 Å². The number of phenols is 1. The lowest BCUT2D eigenvalue weighted by atomic mass is 9.81. The smallest absolute Gasteiger partial charge is 0.166 e. The molecule has 0 aromatic heterocycles. The predicted molar refractivity (Wildman–Crippen MR) is 86.7 cm³/mol. The number of phenolic OH excluding ortho intramolecular Hbond substituents is 1. The van der Waals surface area contributed by atoms with Gasteiger partial charge in [-0.25, -0.2) is 5.90 Å². The molecule has 0 aliphatic carbocycles. The Labute approximate surface area is 132 Å². The fourth-order valence-corrected chi connectivity index (χ4v) is 2.11.